The second kappa shape index (κ2) is 11.7. The van der Waals surface area contributed by atoms with Crippen molar-refractivity contribution in [3.63, 3.8) is 0 Å². The summed E-state index contributed by atoms with van der Waals surface area (Å²) in [5, 5.41) is 0. The Morgan fingerprint density at radius 3 is 2.25 bits per heavy atom. The highest BCUT2D eigenvalue weighted by Gasteiger charge is 2.01. The first kappa shape index (κ1) is 18.9. The van der Waals surface area contributed by atoms with Gasteiger partial charge in [0.15, 0.2) is 0 Å². The van der Waals surface area contributed by atoms with E-state index in [4.69, 9.17) is 4.74 Å². The van der Waals surface area contributed by atoms with E-state index in [9.17, 15) is 4.79 Å². The van der Waals surface area contributed by atoms with Crippen LogP contribution < -0.4 is 0 Å². The zero-order chi connectivity index (χ0) is 15.4. The molecule has 0 aliphatic carbocycles. The summed E-state index contributed by atoms with van der Waals surface area (Å²) >= 11 is 0. The largest absolute Gasteiger partial charge is 0.466 e. The van der Waals surface area contributed by atoms with E-state index in [2.05, 4.69) is 38.5 Å². The number of methoxy groups -OCH3 is 1. The fourth-order valence-corrected chi connectivity index (χ4v) is 1.89. The summed E-state index contributed by atoms with van der Waals surface area (Å²) in [7, 11) is 1.41. The summed E-state index contributed by atoms with van der Waals surface area (Å²) < 4.78 is 10.2. The molecule has 0 aliphatic rings. The third-order valence-corrected chi connectivity index (χ3v) is 3.20. The molecule has 0 saturated carbocycles. The predicted molar refractivity (Wildman–Crippen MR) is 83.7 cm³/mol. The van der Waals surface area contributed by atoms with E-state index in [1.165, 1.54) is 12.7 Å². The molecule has 0 heterocycles. The van der Waals surface area contributed by atoms with Crippen LogP contribution in [0.25, 0.3) is 0 Å². The molecule has 0 amide bonds. The van der Waals surface area contributed by atoms with Crippen LogP contribution in [0.4, 0.5) is 0 Å². The van der Waals surface area contributed by atoms with Gasteiger partial charge in [-0.3, -0.25) is 0 Å². The van der Waals surface area contributed by atoms with E-state index >= 15 is 0 Å². The highest BCUT2D eigenvalue weighted by molar-refractivity contribution is 5.82. The smallest absolute Gasteiger partial charge is 0.330 e. The van der Waals surface area contributed by atoms with E-state index < -0.39 is 0 Å². The van der Waals surface area contributed by atoms with Crippen LogP contribution in [-0.2, 0) is 14.3 Å². The Bertz CT molecular complexity index is 327. The lowest BCUT2D eigenvalue weighted by atomic mass is 10.0. The first-order valence-corrected chi connectivity index (χ1v) is 7.60. The summed E-state index contributed by atoms with van der Waals surface area (Å²) in [5.74, 6) is -0.258. The minimum atomic E-state index is -0.258. The molecule has 0 bridgehead atoms. The molecule has 0 aliphatic heterocycles. The van der Waals surface area contributed by atoms with Crippen LogP contribution in [0, 0.1) is 0 Å². The molecule has 116 valence electrons. The van der Waals surface area contributed by atoms with Gasteiger partial charge in [0.25, 0.3) is 0 Å². The lowest BCUT2D eigenvalue weighted by molar-refractivity contribution is -0.134. The van der Waals surface area contributed by atoms with Gasteiger partial charge in [-0.2, -0.15) is 0 Å². The van der Waals surface area contributed by atoms with Gasteiger partial charge in [-0.15, -0.1) is 0 Å². The quantitative estimate of drug-likeness (QED) is 0.338. The molecular weight excluding hydrogens is 252 g/mol. The normalized spacial score (nSPS) is 12.9. The molecule has 0 aromatic carbocycles. The van der Waals surface area contributed by atoms with Crippen molar-refractivity contribution in [1.82, 2.24) is 0 Å². The number of rotatable bonds is 10. The predicted octanol–water partition coefficient (Wildman–Crippen LogP) is 4.43. The van der Waals surface area contributed by atoms with Crippen molar-refractivity contribution in [2.24, 2.45) is 0 Å². The average Bonchev–Trinajstić information content (AvgIpc) is 2.43. The molecule has 0 aromatic heterocycles. The van der Waals surface area contributed by atoms with Crippen LogP contribution in [0.1, 0.15) is 59.8 Å². The molecule has 0 N–H and O–H groups in total. The first-order chi connectivity index (χ1) is 9.53. The number of ether oxygens (including phenoxy) is 2. The van der Waals surface area contributed by atoms with E-state index in [0.29, 0.717) is 6.10 Å². The van der Waals surface area contributed by atoms with Crippen molar-refractivity contribution in [2.45, 2.75) is 65.9 Å². The molecule has 0 aromatic rings. The molecule has 0 saturated heterocycles. The summed E-state index contributed by atoms with van der Waals surface area (Å²) in [6.07, 6.45) is 9.03. The second-order valence-electron chi connectivity index (χ2n) is 5.10. The second-order valence-corrected chi connectivity index (χ2v) is 5.10. The summed E-state index contributed by atoms with van der Waals surface area (Å²) in [4.78, 5) is 11.2. The summed E-state index contributed by atoms with van der Waals surface area (Å²) in [5.41, 5.74) is 2.57. The van der Waals surface area contributed by atoms with Gasteiger partial charge in [-0.25, -0.2) is 4.79 Å². The lowest BCUT2D eigenvalue weighted by Crippen LogP contribution is -2.04. The Kier molecular flexibility index (Phi) is 11.1. The average molecular weight is 282 g/mol. The number of hydrogen-bond donors (Lipinski definition) is 0. The molecule has 0 fully saturated rings. The maximum atomic E-state index is 11.2. The van der Waals surface area contributed by atoms with Gasteiger partial charge in [-0.05, 0) is 46.0 Å². The highest BCUT2D eigenvalue weighted by atomic mass is 16.5. The third kappa shape index (κ3) is 9.79. The lowest BCUT2D eigenvalue weighted by Gasteiger charge is -2.09. The molecule has 0 spiro atoms. The number of allylic oxidation sites excluding steroid dienone is 2. The van der Waals surface area contributed by atoms with Crippen LogP contribution in [-0.4, -0.2) is 25.8 Å². The van der Waals surface area contributed by atoms with Crippen molar-refractivity contribution in [2.75, 3.05) is 13.7 Å². The maximum absolute atomic E-state index is 11.2. The van der Waals surface area contributed by atoms with Gasteiger partial charge in [0.1, 0.15) is 0 Å². The van der Waals surface area contributed by atoms with Crippen molar-refractivity contribution in [3.8, 4) is 0 Å². The zero-order valence-corrected chi connectivity index (χ0v) is 13.7. The Morgan fingerprint density at radius 1 is 1.10 bits per heavy atom. The van der Waals surface area contributed by atoms with Crippen molar-refractivity contribution in [3.05, 3.63) is 23.3 Å². The topological polar surface area (TPSA) is 35.5 Å². The monoisotopic (exact) mass is 282 g/mol. The first-order valence-electron chi connectivity index (χ1n) is 7.60. The molecular formula is C17H30O3. The van der Waals surface area contributed by atoms with Gasteiger partial charge in [0, 0.05) is 6.08 Å². The molecule has 0 rings (SSSR count). The van der Waals surface area contributed by atoms with Crippen molar-refractivity contribution < 1.29 is 14.3 Å². The van der Waals surface area contributed by atoms with Crippen LogP contribution in [0.5, 0.6) is 0 Å². The molecule has 0 atom stereocenters. The maximum Gasteiger partial charge on any atom is 0.330 e. The number of carbonyl (C=O) groups excluding carboxylic acids is 1. The van der Waals surface area contributed by atoms with Crippen LogP contribution in [0.15, 0.2) is 23.3 Å². The molecule has 20 heavy (non-hydrogen) atoms. The van der Waals surface area contributed by atoms with Gasteiger partial charge < -0.3 is 9.47 Å². The molecule has 0 unspecified atom stereocenters. The van der Waals surface area contributed by atoms with E-state index in [1.54, 1.807) is 6.08 Å². The van der Waals surface area contributed by atoms with Crippen LogP contribution in [0.3, 0.4) is 0 Å². The summed E-state index contributed by atoms with van der Waals surface area (Å²) in [6, 6.07) is 0. The summed E-state index contributed by atoms with van der Waals surface area (Å²) in [6.45, 7) is 9.14. The van der Waals surface area contributed by atoms with Crippen LogP contribution >= 0.6 is 0 Å². The minimum absolute atomic E-state index is 0.258. The van der Waals surface area contributed by atoms with Gasteiger partial charge in [-0.1, -0.05) is 31.1 Å². The minimum Gasteiger partial charge on any atom is -0.466 e. The fourth-order valence-electron chi connectivity index (χ4n) is 1.89. The standard InChI is InChI=1S/C17H30O3/c1-6-15(11-12-20-14(3)4)9-8-10-16(7-2)13-17(18)19-5/h9,13-14H,6-8,10-12H2,1-5H3. The highest BCUT2D eigenvalue weighted by Crippen LogP contribution is 2.14. The third-order valence-electron chi connectivity index (χ3n) is 3.20. The van der Waals surface area contributed by atoms with Gasteiger partial charge >= 0.3 is 5.97 Å². The molecule has 0 radical (unpaired) electrons. The number of carbonyl (C=O) groups is 1. The van der Waals surface area contributed by atoms with Gasteiger partial charge in [0.05, 0.1) is 19.8 Å². The Balaban J connectivity index is 4.22. The SMILES string of the molecule is CCC(=CC(=O)OC)CCC=C(CC)CCOC(C)C. The van der Waals surface area contributed by atoms with Crippen molar-refractivity contribution >= 4 is 5.97 Å². The Morgan fingerprint density at radius 2 is 1.75 bits per heavy atom. The molecule has 3 nitrogen and oxygen atoms in total. The number of hydrogen-bond acceptors (Lipinski definition) is 3. The Hall–Kier alpha value is -1.09. The van der Waals surface area contributed by atoms with Crippen LogP contribution in [0.2, 0.25) is 0 Å². The zero-order valence-electron chi connectivity index (χ0n) is 13.7. The molecule has 3 heteroatoms. The Labute approximate surface area is 124 Å². The van der Waals surface area contributed by atoms with E-state index in [-0.39, 0.29) is 5.97 Å². The van der Waals surface area contributed by atoms with Crippen molar-refractivity contribution in [1.29, 1.82) is 0 Å². The van der Waals surface area contributed by atoms with E-state index in [0.717, 1.165) is 44.3 Å². The number of esters is 1. The fraction of sp³-hybridized carbons (Fsp3) is 0.706. The van der Waals surface area contributed by atoms with Gasteiger partial charge in [0.2, 0.25) is 0 Å². The van der Waals surface area contributed by atoms with E-state index in [1.807, 2.05) is 0 Å².